The molecule has 3 nitrogen and oxygen atoms in total. The molecule has 3 aliphatic rings. The van der Waals surface area contributed by atoms with Crippen LogP contribution in [0.2, 0.25) is 5.02 Å². The number of aromatic nitrogens is 2. The van der Waals surface area contributed by atoms with Crippen molar-refractivity contribution in [3.05, 3.63) is 47.2 Å². The summed E-state index contributed by atoms with van der Waals surface area (Å²) in [6.07, 6.45) is 5.04. The van der Waals surface area contributed by atoms with Gasteiger partial charge in [0, 0.05) is 27.7 Å². The van der Waals surface area contributed by atoms with Crippen molar-refractivity contribution in [2.45, 2.75) is 30.2 Å². The van der Waals surface area contributed by atoms with Gasteiger partial charge in [0.15, 0.2) is 5.82 Å². The maximum absolute atomic E-state index is 6.12. The van der Waals surface area contributed by atoms with E-state index in [9.17, 15) is 0 Å². The third-order valence-electron chi connectivity index (χ3n) is 4.37. The fourth-order valence-corrected chi connectivity index (χ4v) is 3.66. The zero-order chi connectivity index (χ0) is 13.1. The number of nitrogens with two attached hydrogens (primary N) is 1. The highest BCUT2D eigenvalue weighted by Crippen LogP contribution is 2.65. The van der Waals surface area contributed by atoms with Gasteiger partial charge in [-0.15, -0.1) is 0 Å². The van der Waals surface area contributed by atoms with Gasteiger partial charge in [-0.3, -0.25) is 0 Å². The van der Waals surface area contributed by atoms with E-state index in [0.29, 0.717) is 0 Å². The summed E-state index contributed by atoms with van der Waals surface area (Å²) < 4.78 is 0. The van der Waals surface area contributed by atoms with Crippen LogP contribution in [0.5, 0.6) is 0 Å². The molecule has 0 aliphatic heterocycles. The van der Waals surface area contributed by atoms with Gasteiger partial charge in [0.05, 0.1) is 5.69 Å². The van der Waals surface area contributed by atoms with Crippen LogP contribution < -0.4 is 5.73 Å². The molecule has 19 heavy (non-hydrogen) atoms. The fourth-order valence-electron chi connectivity index (χ4n) is 3.53. The summed E-state index contributed by atoms with van der Waals surface area (Å²) in [5, 5.41) is 0.726. The molecule has 1 aromatic carbocycles. The minimum Gasteiger partial charge on any atom is -0.325 e. The van der Waals surface area contributed by atoms with Crippen LogP contribution in [0.4, 0.5) is 0 Å². The van der Waals surface area contributed by atoms with Crippen LogP contribution in [0.1, 0.15) is 25.0 Å². The van der Waals surface area contributed by atoms with Crippen molar-refractivity contribution in [2.24, 2.45) is 5.73 Å². The van der Waals surface area contributed by atoms with E-state index in [1.54, 1.807) is 0 Å². The Morgan fingerprint density at radius 1 is 1.05 bits per heavy atom. The molecule has 5 rings (SSSR count). The van der Waals surface area contributed by atoms with Crippen LogP contribution in [-0.2, 0) is 5.41 Å². The number of hydrogen-bond donors (Lipinski definition) is 1. The largest absolute Gasteiger partial charge is 0.325 e. The van der Waals surface area contributed by atoms with E-state index < -0.39 is 0 Å². The summed E-state index contributed by atoms with van der Waals surface area (Å²) in [5.74, 6) is 0.768. The first-order valence-corrected chi connectivity index (χ1v) is 6.85. The summed E-state index contributed by atoms with van der Waals surface area (Å²) in [7, 11) is 0. The fraction of sp³-hybridized carbons (Fsp3) is 0.333. The van der Waals surface area contributed by atoms with Crippen LogP contribution in [0.3, 0.4) is 0 Å². The van der Waals surface area contributed by atoms with Crippen LogP contribution in [0.25, 0.3) is 11.4 Å². The average molecular weight is 272 g/mol. The second-order valence-electron chi connectivity index (χ2n) is 5.95. The van der Waals surface area contributed by atoms with Crippen molar-refractivity contribution >= 4 is 11.6 Å². The summed E-state index contributed by atoms with van der Waals surface area (Å²) in [5.41, 5.74) is 8.59. The molecule has 3 saturated carbocycles. The van der Waals surface area contributed by atoms with Crippen molar-refractivity contribution in [3.63, 3.8) is 0 Å². The van der Waals surface area contributed by atoms with Crippen molar-refractivity contribution in [1.29, 1.82) is 0 Å². The molecule has 1 heterocycles. The lowest BCUT2D eigenvalue weighted by Gasteiger charge is -2.68. The Kier molecular flexibility index (Phi) is 2.13. The molecular formula is C15H14ClN3. The highest BCUT2D eigenvalue weighted by atomic mass is 35.5. The Morgan fingerprint density at radius 3 is 2.37 bits per heavy atom. The van der Waals surface area contributed by atoms with Crippen molar-refractivity contribution in [1.82, 2.24) is 9.97 Å². The average Bonchev–Trinajstić information content (AvgIpc) is 2.35. The first-order chi connectivity index (χ1) is 9.09. The maximum atomic E-state index is 6.12. The molecule has 2 aromatic rings. The Morgan fingerprint density at radius 2 is 1.74 bits per heavy atom. The van der Waals surface area contributed by atoms with Crippen LogP contribution >= 0.6 is 11.6 Å². The molecule has 0 amide bonds. The summed E-state index contributed by atoms with van der Waals surface area (Å²) in [6.45, 7) is 0. The molecule has 0 unspecified atom stereocenters. The van der Waals surface area contributed by atoms with E-state index in [2.05, 4.69) is 4.98 Å². The molecule has 3 fully saturated rings. The van der Waals surface area contributed by atoms with Gasteiger partial charge in [-0.1, -0.05) is 11.6 Å². The lowest BCUT2D eigenvalue weighted by Crippen LogP contribution is -2.74. The quantitative estimate of drug-likeness (QED) is 0.914. The standard InChI is InChI=1S/C15H14ClN3/c16-11-3-1-10(2-4-11)13-18-6-5-12(19-13)14-7-15(17,8-14)9-14/h1-6H,7-9,17H2. The predicted octanol–water partition coefficient (Wildman–Crippen LogP) is 2.93. The number of halogens is 1. The van der Waals surface area contributed by atoms with Crippen molar-refractivity contribution < 1.29 is 0 Å². The molecule has 0 radical (unpaired) electrons. The van der Waals surface area contributed by atoms with Gasteiger partial charge in [0.25, 0.3) is 0 Å². The molecule has 2 bridgehead atoms. The van der Waals surface area contributed by atoms with Gasteiger partial charge in [0.1, 0.15) is 0 Å². The zero-order valence-corrected chi connectivity index (χ0v) is 11.2. The second-order valence-corrected chi connectivity index (χ2v) is 6.38. The monoisotopic (exact) mass is 271 g/mol. The molecule has 3 aliphatic carbocycles. The Labute approximate surface area is 116 Å². The maximum Gasteiger partial charge on any atom is 0.159 e. The smallest absolute Gasteiger partial charge is 0.159 e. The van der Waals surface area contributed by atoms with Crippen LogP contribution in [0.15, 0.2) is 36.5 Å². The Hall–Kier alpha value is -1.45. The summed E-state index contributed by atoms with van der Waals surface area (Å²) in [4.78, 5) is 9.09. The first-order valence-electron chi connectivity index (χ1n) is 6.47. The highest BCUT2D eigenvalue weighted by Gasteiger charge is 2.67. The van der Waals surface area contributed by atoms with E-state index in [1.165, 1.54) is 0 Å². The highest BCUT2D eigenvalue weighted by molar-refractivity contribution is 6.30. The predicted molar refractivity (Wildman–Crippen MR) is 74.9 cm³/mol. The molecule has 2 N–H and O–H groups in total. The number of rotatable bonds is 2. The van der Waals surface area contributed by atoms with Crippen molar-refractivity contribution in [3.8, 4) is 11.4 Å². The van der Waals surface area contributed by atoms with Gasteiger partial charge in [-0.05, 0) is 49.6 Å². The number of benzene rings is 1. The van der Waals surface area contributed by atoms with E-state index >= 15 is 0 Å². The van der Waals surface area contributed by atoms with Gasteiger partial charge >= 0.3 is 0 Å². The molecule has 96 valence electrons. The third-order valence-corrected chi connectivity index (χ3v) is 4.62. The Bertz CT molecular complexity index is 631. The lowest BCUT2D eigenvalue weighted by atomic mass is 9.39. The van der Waals surface area contributed by atoms with E-state index in [1.807, 2.05) is 36.5 Å². The third kappa shape index (κ3) is 1.62. The van der Waals surface area contributed by atoms with Gasteiger partial charge in [0.2, 0.25) is 0 Å². The topological polar surface area (TPSA) is 51.8 Å². The van der Waals surface area contributed by atoms with Gasteiger partial charge in [-0.25, -0.2) is 9.97 Å². The lowest BCUT2D eigenvalue weighted by molar-refractivity contribution is -0.0620. The molecular weight excluding hydrogens is 258 g/mol. The normalized spacial score (nSPS) is 31.5. The minimum atomic E-state index is 0.103. The summed E-state index contributed by atoms with van der Waals surface area (Å²) in [6, 6.07) is 9.66. The van der Waals surface area contributed by atoms with E-state index in [4.69, 9.17) is 22.3 Å². The number of nitrogens with zero attached hydrogens (tertiary/aromatic N) is 2. The van der Waals surface area contributed by atoms with Crippen LogP contribution in [-0.4, -0.2) is 15.5 Å². The van der Waals surface area contributed by atoms with E-state index in [0.717, 1.165) is 41.4 Å². The van der Waals surface area contributed by atoms with Gasteiger partial charge in [-0.2, -0.15) is 0 Å². The molecule has 1 aromatic heterocycles. The summed E-state index contributed by atoms with van der Waals surface area (Å²) >= 11 is 5.90. The second kappa shape index (κ2) is 3.56. The molecule has 0 spiro atoms. The minimum absolute atomic E-state index is 0.103. The molecule has 0 atom stereocenters. The SMILES string of the molecule is NC12CC(c3ccnc(-c4ccc(Cl)cc4)n3)(C1)C2. The van der Waals surface area contributed by atoms with Gasteiger partial charge < -0.3 is 5.73 Å². The van der Waals surface area contributed by atoms with E-state index in [-0.39, 0.29) is 11.0 Å². The molecule has 0 saturated heterocycles. The zero-order valence-electron chi connectivity index (χ0n) is 10.4. The molecule has 4 heteroatoms. The first kappa shape index (κ1) is 11.4. The number of hydrogen-bond acceptors (Lipinski definition) is 3. The van der Waals surface area contributed by atoms with Crippen molar-refractivity contribution in [2.75, 3.05) is 0 Å². The Balaban J connectivity index is 1.69. The van der Waals surface area contributed by atoms with Crippen LogP contribution in [0, 0.1) is 0 Å².